The maximum atomic E-state index is 9.19. The zero-order valence-corrected chi connectivity index (χ0v) is 8.52. The van der Waals surface area contributed by atoms with Crippen LogP contribution in [0.25, 0.3) is 0 Å². The number of aliphatic hydroxyl groups is 2. The third kappa shape index (κ3) is 33.6. The van der Waals surface area contributed by atoms with Gasteiger partial charge in [-0.25, -0.2) is 0 Å². The van der Waals surface area contributed by atoms with E-state index in [2.05, 4.69) is 0 Å². The van der Waals surface area contributed by atoms with Gasteiger partial charge in [-0.15, -0.1) is 0 Å². The van der Waals surface area contributed by atoms with Crippen molar-refractivity contribution in [2.45, 2.75) is 45.3 Å². The molecule has 0 atom stereocenters. The summed E-state index contributed by atoms with van der Waals surface area (Å²) in [5.41, 5.74) is -1.53. The Hall–Kier alpha value is -0.135. The Kier molecular flexibility index (Phi) is 6.57. The average molecular weight is 194 g/mol. The van der Waals surface area contributed by atoms with E-state index in [1.54, 1.807) is 27.7 Å². The van der Waals surface area contributed by atoms with Crippen molar-refractivity contribution in [2.75, 3.05) is 0 Å². The third-order valence-corrected chi connectivity index (χ3v) is 0.865. The summed E-state index contributed by atoms with van der Waals surface area (Å²) in [5, 5.41) is 39.9. The van der Waals surface area contributed by atoms with Crippen molar-refractivity contribution in [1.82, 2.24) is 0 Å². The van der Waals surface area contributed by atoms with Crippen LogP contribution in [0.5, 0.6) is 0 Å². The molecule has 0 saturated carbocycles. The van der Waals surface area contributed by atoms with Gasteiger partial charge in [0.2, 0.25) is 0 Å². The third-order valence-electron chi connectivity index (χ3n) is 0.865. The van der Waals surface area contributed by atoms with Gasteiger partial charge in [-0.05, 0) is 27.7 Å². The average Bonchev–Trinajstić information content (AvgIpc) is 1.47. The normalized spacial score (nSPS) is 11.8. The summed E-state index contributed by atoms with van der Waals surface area (Å²) < 4.78 is 0. The smallest absolute Gasteiger partial charge is 0.402 e. The summed E-state index contributed by atoms with van der Waals surface area (Å²) in [6.07, 6.45) is 0.403. The van der Waals surface area contributed by atoms with Gasteiger partial charge >= 0.3 is 7.32 Å². The van der Waals surface area contributed by atoms with Crippen LogP contribution in [0.15, 0.2) is 0 Å². The van der Waals surface area contributed by atoms with Gasteiger partial charge in [0.1, 0.15) is 0 Å². The molecule has 0 spiro atoms. The van der Waals surface area contributed by atoms with Crippen molar-refractivity contribution in [1.29, 1.82) is 0 Å². The van der Waals surface area contributed by atoms with Gasteiger partial charge in [0.25, 0.3) is 0 Å². The van der Waals surface area contributed by atoms with Gasteiger partial charge in [-0.3, -0.25) is 0 Å². The summed E-state index contributed by atoms with van der Waals surface area (Å²) in [4.78, 5) is 0. The molecule has 0 aliphatic rings. The summed E-state index contributed by atoms with van der Waals surface area (Å²) in [6.45, 7) is 6.74. The molecule has 5 N–H and O–H groups in total. The van der Waals surface area contributed by atoms with Crippen molar-refractivity contribution >= 4 is 7.32 Å². The van der Waals surface area contributed by atoms with Gasteiger partial charge in [-0.1, -0.05) is 0 Å². The first-order valence-corrected chi connectivity index (χ1v) is 3.93. The van der Waals surface area contributed by atoms with Crippen molar-refractivity contribution in [3.8, 4) is 0 Å². The molecule has 0 saturated heterocycles. The second-order valence-electron chi connectivity index (χ2n) is 4.15. The quantitative estimate of drug-likeness (QED) is 0.358. The summed E-state index contributed by atoms with van der Waals surface area (Å²) in [6, 6.07) is 0. The Morgan fingerprint density at radius 3 is 1.00 bits per heavy atom. The lowest BCUT2D eigenvalue weighted by Gasteiger charge is -2.26. The van der Waals surface area contributed by atoms with E-state index in [1.165, 1.54) is 0 Å². The summed E-state index contributed by atoms with van der Waals surface area (Å²) >= 11 is 0. The second-order valence-corrected chi connectivity index (χ2v) is 4.15. The Balaban J connectivity index is 0. The maximum Gasteiger partial charge on any atom is 0.631 e. The zero-order valence-electron chi connectivity index (χ0n) is 8.52. The zero-order chi connectivity index (χ0) is 11.3. The minimum Gasteiger partial charge on any atom is -0.402 e. The van der Waals surface area contributed by atoms with Crippen LogP contribution in [0.4, 0.5) is 0 Å². The molecule has 6 heteroatoms. The molecular formula is C7H19BO5. The van der Waals surface area contributed by atoms with Crippen LogP contribution in [-0.4, -0.2) is 43.8 Å². The van der Waals surface area contributed by atoms with Gasteiger partial charge in [0.05, 0.1) is 11.2 Å². The minimum atomic E-state index is -2.17. The fourth-order valence-corrected chi connectivity index (χ4v) is 1.06. The molecule has 0 aliphatic carbocycles. The molecule has 5 nitrogen and oxygen atoms in total. The molecule has 0 radical (unpaired) electrons. The van der Waals surface area contributed by atoms with E-state index in [0.29, 0.717) is 6.42 Å². The largest absolute Gasteiger partial charge is 0.631 e. The van der Waals surface area contributed by atoms with Gasteiger partial charge in [0, 0.05) is 6.42 Å². The molecule has 0 bridgehead atoms. The van der Waals surface area contributed by atoms with E-state index in [-0.39, 0.29) is 0 Å². The lowest BCUT2D eigenvalue weighted by atomic mass is 9.93. The van der Waals surface area contributed by atoms with Crippen LogP contribution in [0, 0.1) is 0 Å². The first kappa shape index (κ1) is 15.3. The highest BCUT2D eigenvalue weighted by Crippen LogP contribution is 2.18. The molecule has 0 aromatic rings. The summed E-state index contributed by atoms with van der Waals surface area (Å²) in [7, 11) is -2.17. The van der Waals surface area contributed by atoms with Crippen LogP contribution < -0.4 is 0 Å². The highest BCUT2D eigenvalue weighted by atomic mass is 16.5. The fourth-order valence-electron chi connectivity index (χ4n) is 1.06. The van der Waals surface area contributed by atoms with E-state index in [0.717, 1.165) is 0 Å². The highest BCUT2D eigenvalue weighted by molar-refractivity contribution is 6.30. The predicted octanol–water partition coefficient (Wildman–Crippen LogP) is -1.13. The van der Waals surface area contributed by atoms with Crippen LogP contribution in [0.1, 0.15) is 34.1 Å². The van der Waals surface area contributed by atoms with Crippen LogP contribution in [-0.2, 0) is 0 Å². The first-order chi connectivity index (χ1) is 5.44. The van der Waals surface area contributed by atoms with Gasteiger partial charge < -0.3 is 25.3 Å². The molecule has 0 heterocycles. The van der Waals surface area contributed by atoms with Crippen LogP contribution in [0.2, 0.25) is 0 Å². The van der Waals surface area contributed by atoms with E-state index in [9.17, 15) is 10.2 Å². The van der Waals surface area contributed by atoms with E-state index in [4.69, 9.17) is 15.1 Å². The Labute approximate surface area is 78.8 Å². The molecule has 0 unspecified atom stereocenters. The molecule has 0 amide bonds. The van der Waals surface area contributed by atoms with Crippen LogP contribution >= 0.6 is 0 Å². The summed E-state index contributed by atoms with van der Waals surface area (Å²) in [5.74, 6) is 0. The van der Waals surface area contributed by atoms with Crippen molar-refractivity contribution in [2.24, 2.45) is 0 Å². The van der Waals surface area contributed by atoms with E-state index >= 15 is 0 Å². The Morgan fingerprint density at radius 1 is 0.846 bits per heavy atom. The van der Waals surface area contributed by atoms with E-state index < -0.39 is 18.5 Å². The van der Waals surface area contributed by atoms with E-state index in [1.807, 2.05) is 0 Å². The lowest BCUT2D eigenvalue weighted by molar-refractivity contribution is -0.0244. The fraction of sp³-hybridized carbons (Fsp3) is 1.00. The molecular weight excluding hydrogens is 175 g/mol. The number of hydrogen-bond acceptors (Lipinski definition) is 5. The predicted molar refractivity (Wildman–Crippen MR) is 49.6 cm³/mol. The highest BCUT2D eigenvalue weighted by Gasteiger charge is 2.23. The van der Waals surface area contributed by atoms with Gasteiger partial charge in [-0.2, -0.15) is 0 Å². The Morgan fingerprint density at radius 2 is 1.00 bits per heavy atom. The minimum absolute atomic E-state index is 0.403. The molecule has 80 valence electrons. The van der Waals surface area contributed by atoms with Crippen molar-refractivity contribution in [3.05, 3.63) is 0 Å². The lowest BCUT2D eigenvalue weighted by Crippen LogP contribution is -2.32. The second kappa shape index (κ2) is 5.56. The molecule has 0 aliphatic heterocycles. The van der Waals surface area contributed by atoms with Crippen LogP contribution in [0.3, 0.4) is 0 Å². The topological polar surface area (TPSA) is 101 Å². The standard InChI is InChI=1S/C7H16O2.BH3O3/c1-6(2,8)5-7(3,4)9;2-1(3)4/h8-9H,5H2,1-4H3;2-4H. The Bertz CT molecular complexity index is 109. The first-order valence-electron chi connectivity index (χ1n) is 3.93. The number of hydrogen-bond donors (Lipinski definition) is 5. The van der Waals surface area contributed by atoms with Gasteiger partial charge in [0.15, 0.2) is 0 Å². The molecule has 0 aromatic carbocycles. The molecule has 0 aromatic heterocycles. The number of rotatable bonds is 2. The molecule has 13 heavy (non-hydrogen) atoms. The SMILES string of the molecule is CC(C)(O)CC(C)(C)O.OB(O)O. The van der Waals surface area contributed by atoms with Crippen molar-refractivity contribution in [3.63, 3.8) is 0 Å². The monoisotopic (exact) mass is 194 g/mol. The maximum absolute atomic E-state index is 9.19. The molecule has 0 fully saturated rings. The molecule has 0 rings (SSSR count). The van der Waals surface area contributed by atoms with Crippen molar-refractivity contribution < 1.29 is 25.3 Å².